The van der Waals surface area contributed by atoms with E-state index in [1.807, 2.05) is 12.3 Å². The fourth-order valence-electron chi connectivity index (χ4n) is 3.01. The second kappa shape index (κ2) is 7.64. The number of aromatic nitrogens is 3. The van der Waals surface area contributed by atoms with E-state index < -0.39 is 0 Å². The van der Waals surface area contributed by atoms with Gasteiger partial charge in [-0.05, 0) is 43.1 Å². The average Bonchev–Trinajstić information content (AvgIpc) is 3.02. The average molecular weight is 330 g/mol. The van der Waals surface area contributed by atoms with Crippen LogP contribution in [0.1, 0.15) is 47.3 Å². The smallest absolute Gasteiger partial charge is 0.269 e. The third kappa shape index (κ3) is 3.58. The van der Waals surface area contributed by atoms with Gasteiger partial charge in [0.2, 0.25) is 0 Å². The number of carbonyl (C=O) groups is 1. The molecule has 2 aromatic rings. The monoisotopic (exact) mass is 330 g/mol. The van der Waals surface area contributed by atoms with Gasteiger partial charge in [0.1, 0.15) is 5.69 Å². The number of carbonyl (C=O) groups excluding carboxylic acids is 1. The normalized spacial score (nSPS) is 12.6. The zero-order chi connectivity index (χ0) is 16.1. The molecule has 0 unspecified atom stereocenters. The van der Waals surface area contributed by atoms with Crippen molar-refractivity contribution in [3.05, 3.63) is 35.3 Å². The maximum absolute atomic E-state index is 12.4. The van der Waals surface area contributed by atoms with E-state index in [2.05, 4.69) is 33.1 Å². The third-order valence-corrected chi connectivity index (χ3v) is 4.59. The molecule has 0 aliphatic heterocycles. The standard InChI is InChI=1S/C17H22N4OS/c22-17(19-8-3-1-2-4-10-23)16-13-6-5-12-7-9-18-11-14(12)15(13)20-21-16/h7,9,11,23H,1-6,8,10H2,(H,19,22)(H,20,21). The van der Waals surface area contributed by atoms with Gasteiger partial charge in [-0.2, -0.15) is 17.7 Å². The van der Waals surface area contributed by atoms with Crippen LogP contribution in [0.3, 0.4) is 0 Å². The first-order valence-electron chi connectivity index (χ1n) is 8.21. The highest BCUT2D eigenvalue weighted by Gasteiger charge is 2.24. The summed E-state index contributed by atoms with van der Waals surface area (Å²) in [5.41, 5.74) is 4.77. The summed E-state index contributed by atoms with van der Waals surface area (Å²) in [4.78, 5) is 16.5. The molecule has 1 aliphatic carbocycles. The van der Waals surface area contributed by atoms with E-state index in [9.17, 15) is 4.79 Å². The van der Waals surface area contributed by atoms with Gasteiger partial charge < -0.3 is 5.32 Å². The van der Waals surface area contributed by atoms with Crippen LogP contribution in [-0.2, 0) is 12.8 Å². The molecule has 2 heterocycles. The first-order chi connectivity index (χ1) is 11.3. The second-order valence-corrected chi connectivity index (χ2v) is 6.30. The predicted octanol–water partition coefficient (Wildman–Crippen LogP) is 2.79. The fraction of sp³-hybridized carbons (Fsp3) is 0.471. The Hall–Kier alpha value is -1.82. The van der Waals surface area contributed by atoms with E-state index in [-0.39, 0.29) is 5.91 Å². The largest absolute Gasteiger partial charge is 0.351 e. The van der Waals surface area contributed by atoms with Crippen molar-refractivity contribution >= 4 is 18.5 Å². The number of pyridine rings is 1. The van der Waals surface area contributed by atoms with Gasteiger partial charge in [0.05, 0.1) is 5.69 Å². The van der Waals surface area contributed by atoms with Crippen LogP contribution in [-0.4, -0.2) is 33.4 Å². The van der Waals surface area contributed by atoms with Crippen molar-refractivity contribution in [3.8, 4) is 11.3 Å². The maximum atomic E-state index is 12.4. The maximum Gasteiger partial charge on any atom is 0.269 e. The summed E-state index contributed by atoms with van der Waals surface area (Å²) in [7, 11) is 0. The molecule has 0 spiro atoms. The summed E-state index contributed by atoms with van der Waals surface area (Å²) in [6, 6.07) is 2.03. The SMILES string of the molecule is O=C(NCCCCCCS)c1[nH]nc2c1CCc1ccncc1-2. The molecule has 0 saturated carbocycles. The van der Waals surface area contributed by atoms with Gasteiger partial charge in [0, 0.05) is 30.1 Å². The van der Waals surface area contributed by atoms with Gasteiger partial charge in [0.15, 0.2) is 0 Å². The number of rotatable bonds is 7. The lowest BCUT2D eigenvalue weighted by Crippen LogP contribution is -2.26. The van der Waals surface area contributed by atoms with Crippen molar-refractivity contribution in [2.75, 3.05) is 12.3 Å². The van der Waals surface area contributed by atoms with E-state index in [0.29, 0.717) is 12.2 Å². The highest BCUT2D eigenvalue weighted by molar-refractivity contribution is 7.80. The van der Waals surface area contributed by atoms with Gasteiger partial charge in [0.25, 0.3) is 5.91 Å². The van der Waals surface area contributed by atoms with Crippen molar-refractivity contribution in [1.29, 1.82) is 0 Å². The number of nitrogens with one attached hydrogen (secondary N) is 2. The molecule has 3 rings (SSSR count). The van der Waals surface area contributed by atoms with Crippen molar-refractivity contribution in [2.45, 2.75) is 38.5 Å². The summed E-state index contributed by atoms with van der Waals surface area (Å²) in [5, 5.41) is 10.3. The van der Waals surface area contributed by atoms with Crippen LogP contribution in [0.25, 0.3) is 11.3 Å². The van der Waals surface area contributed by atoms with E-state index in [1.165, 1.54) is 12.0 Å². The summed E-state index contributed by atoms with van der Waals surface area (Å²) in [6.07, 6.45) is 9.84. The molecule has 23 heavy (non-hydrogen) atoms. The van der Waals surface area contributed by atoms with Crippen LogP contribution in [0.5, 0.6) is 0 Å². The van der Waals surface area contributed by atoms with Crippen molar-refractivity contribution in [3.63, 3.8) is 0 Å². The summed E-state index contributed by atoms with van der Waals surface area (Å²) in [6.45, 7) is 0.706. The number of nitrogens with zero attached hydrogens (tertiary/aromatic N) is 2. The number of thiol groups is 1. The number of unbranched alkanes of at least 4 members (excludes halogenated alkanes) is 3. The Balaban J connectivity index is 1.62. The molecule has 6 heteroatoms. The van der Waals surface area contributed by atoms with E-state index in [0.717, 1.165) is 54.7 Å². The van der Waals surface area contributed by atoms with Gasteiger partial charge in [-0.3, -0.25) is 14.9 Å². The Morgan fingerprint density at radius 3 is 3.00 bits per heavy atom. The molecular weight excluding hydrogens is 308 g/mol. The van der Waals surface area contributed by atoms with Crippen molar-refractivity contribution < 1.29 is 4.79 Å². The Morgan fingerprint density at radius 2 is 2.13 bits per heavy atom. The van der Waals surface area contributed by atoms with Crippen LogP contribution >= 0.6 is 12.6 Å². The zero-order valence-corrected chi connectivity index (χ0v) is 14.0. The molecule has 0 saturated heterocycles. The van der Waals surface area contributed by atoms with Crippen LogP contribution in [0.2, 0.25) is 0 Å². The number of aromatic amines is 1. The lowest BCUT2D eigenvalue weighted by atomic mass is 9.90. The second-order valence-electron chi connectivity index (χ2n) is 5.85. The third-order valence-electron chi connectivity index (χ3n) is 4.28. The van der Waals surface area contributed by atoms with Crippen LogP contribution in [0, 0.1) is 0 Å². The van der Waals surface area contributed by atoms with Crippen LogP contribution in [0.4, 0.5) is 0 Å². The molecule has 122 valence electrons. The number of H-pyrrole nitrogens is 1. The molecule has 1 amide bonds. The highest BCUT2D eigenvalue weighted by atomic mass is 32.1. The van der Waals surface area contributed by atoms with E-state index >= 15 is 0 Å². The number of hydrogen-bond acceptors (Lipinski definition) is 4. The molecule has 5 nitrogen and oxygen atoms in total. The van der Waals surface area contributed by atoms with E-state index in [4.69, 9.17) is 0 Å². The quantitative estimate of drug-likeness (QED) is 0.540. The van der Waals surface area contributed by atoms with Gasteiger partial charge in [-0.15, -0.1) is 0 Å². The zero-order valence-electron chi connectivity index (χ0n) is 13.1. The number of amides is 1. The summed E-state index contributed by atoms with van der Waals surface area (Å²) >= 11 is 4.20. The molecule has 0 atom stereocenters. The molecular formula is C17H22N4OS. The highest BCUT2D eigenvalue weighted by Crippen LogP contribution is 2.32. The Kier molecular flexibility index (Phi) is 5.33. The molecule has 0 aromatic carbocycles. The van der Waals surface area contributed by atoms with Crippen molar-refractivity contribution in [1.82, 2.24) is 20.5 Å². The number of fused-ring (bicyclic) bond motifs is 3. The number of aryl methyl sites for hydroxylation is 1. The van der Waals surface area contributed by atoms with E-state index in [1.54, 1.807) is 6.20 Å². The van der Waals surface area contributed by atoms with Gasteiger partial charge in [-0.1, -0.05) is 12.8 Å². The Bertz CT molecular complexity index is 683. The Morgan fingerprint density at radius 1 is 1.26 bits per heavy atom. The van der Waals surface area contributed by atoms with Crippen LogP contribution in [0.15, 0.2) is 18.5 Å². The number of hydrogen-bond donors (Lipinski definition) is 3. The fourth-order valence-corrected chi connectivity index (χ4v) is 3.24. The first kappa shape index (κ1) is 16.1. The van der Waals surface area contributed by atoms with Gasteiger partial charge in [-0.25, -0.2) is 0 Å². The molecule has 0 bridgehead atoms. The minimum absolute atomic E-state index is 0.0553. The lowest BCUT2D eigenvalue weighted by Gasteiger charge is -2.15. The first-order valence-corrected chi connectivity index (χ1v) is 8.84. The van der Waals surface area contributed by atoms with Crippen molar-refractivity contribution in [2.24, 2.45) is 0 Å². The lowest BCUT2D eigenvalue weighted by molar-refractivity contribution is 0.0947. The molecule has 0 fully saturated rings. The molecule has 0 radical (unpaired) electrons. The minimum atomic E-state index is -0.0553. The summed E-state index contributed by atoms with van der Waals surface area (Å²) < 4.78 is 0. The summed E-state index contributed by atoms with van der Waals surface area (Å²) in [5.74, 6) is 0.878. The Labute approximate surface area is 141 Å². The minimum Gasteiger partial charge on any atom is -0.351 e. The predicted molar refractivity (Wildman–Crippen MR) is 93.9 cm³/mol. The topological polar surface area (TPSA) is 70.7 Å². The molecule has 2 aromatic heterocycles. The molecule has 1 aliphatic rings. The van der Waals surface area contributed by atoms with Gasteiger partial charge >= 0.3 is 0 Å². The molecule has 2 N–H and O–H groups in total. The van der Waals surface area contributed by atoms with Crippen LogP contribution < -0.4 is 5.32 Å².